The molecule has 8 nitrogen and oxygen atoms in total. The zero-order chi connectivity index (χ0) is 23.6. The molecule has 0 saturated heterocycles. The molecule has 3 atom stereocenters. The zero-order valence-corrected chi connectivity index (χ0v) is 20.3. The van der Waals surface area contributed by atoms with E-state index in [1.165, 1.54) is 25.4 Å². The summed E-state index contributed by atoms with van der Waals surface area (Å²) in [5.74, 6) is -1.04. The third kappa shape index (κ3) is 5.11. The van der Waals surface area contributed by atoms with Gasteiger partial charge in [-0.05, 0) is 53.2 Å². The Morgan fingerprint density at radius 3 is 2.66 bits per heavy atom. The Balaban J connectivity index is 1.94. The summed E-state index contributed by atoms with van der Waals surface area (Å²) in [7, 11) is -2.47. The van der Waals surface area contributed by atoms with E-state index in [-0.39, 0.29) is 47.9 Å². The number of carbonyl (C=O) groups excluding carboxylic acids is 1. The molecule has 1 aliphatic rings. The van der Waals surface area contributed by atoms with Crippen LogP contribution < -0.4 is 4.74 Å². The highest BCUT2D eigenvalue weighted by molar-refractivity contribution is 9.10. The smallest absolute Gasteiger partial charge is 0.259 e. The fourth-order valence-corrected chi connectivity index (χ4v) is 4.95. The molecule has 1 aromatic carbocycles. The van der Waals surface area contributed by atoms with Crippen LogP contribution in [0, 0.1) is 11.7 Å². The highest BCUT2D eigenvalue weighted by atomic mass is 79.9. The summed E-state index contributed by atoms with van der Waals surface area (Å²) in [6.45, 7) is 3.59. The Hall–Kier alpha value is -2.08. The molecule has 2 heterocycles. The third-order valence-electron chi connectivity index (χ3n) is 5.45. The molecule has 1 amide bonds. The van der Waals surface area contributed by atoms with Crippen molar-refractivity contribution < 1.29 is 27.4 Å². The second-order valence-corrected chi connectivity index (χ2v) is 10.8. The normalized spacial score (nSPS) is 20.3. The maximum absolute atomic E-state index is 13.2. The summed E-state index contributed by atoms with van der Waals surface area (Å²) in [4.78, 5) is 18.9. The molecule has 0 spiro atoms. The minimum absolute atomic E-state index is 0.0202. The number of aromatic nitrogens is 1. The highest BCUT2D eigenvalue weighted by Gasteiger charge is 2.35. The van der Waals surface area contributed by atoms with Gasteiger partial charge in [-0.25, -0.2) is 17.8 Å². The number of amides is 1. The quantitative estimate of drug-likeness (QED) is 0.617. The largest absolute Gasteiger partial charge is 0.472 e. The van der Waals surface area contributed by atoms with Crippen LogP contribution >= 0.6 is 15.9 Å². The van der Waals surface area contributed by atoms with Crippen LogP contribution in [0.4, 0.5) is 4.39 Å². The monoisotopic (exact) mass is 529 g/mol. The van der Waals surface area contributed by atoms with Gasteiger partial charge in [-0.15, -0.1) is 0 Å². The lowest BCUT2D eigenvalue weighted by Gasteiger charge is -2.37. The van der Waals surface area contributed by atoms with Crippen LogP contribution in [0.3, 0.4) is 0 Å². The molecule has 174 valence electrons. The van der Waals surface area contributed by atoms with Gasteiger partial charge >= 0.3 is 0 Å². The van der Waals surface area contributed by atoms with Gasteiger partial charge < -0.3 is 14.7 Å². The summed E-state index contributed by atoms with van der Waals surface area (Å²) in [6, 6.07) is 5.74. The first-order valence-electron chi connectivity index (χ1n) is 10.0. The Labute approximate surface area is 195 Å². The van der Waals surface area contributed by atoms with Gasteiger partial charge in [0.05, 0.1) is 24.1 Å². The number of ether oxygens (including phenoxy) is 1. The van der Waals surface area contributed by atoms with E-state index in [1.807, 2.05) is 6.92 Å². The number of pyridine rings is 1. The van der Waals surface area contributed by atoms with Crippen LogP contribution in [0.15, 0.2) is 45.9 Å². The number of rotatable bonds is 6. The number of aliphatic hydroxyl groups is 1. The van der Waals surface area contributed by atoms with Gasteiger partial charge in [-0.1, -0.05) is 6.92 Å². The topological polar surface area (TPSA) is 100 Å². The van der Waals surface area contributed by atoms with E-state index in [0.717, 1.165) is 16.4 Å². The van der Waals surface area contributed by atoms with Gasteiger partial charge in [0.1, 0.15) is 17.5 Å². The van der Waals surface area contributed by atoms with E-state index in [9.17, 15) is 22.7 Å². The van der Waals surface area contributed by atoms with Crippen molar-refractivity contribution in [3.8, 4) is 5.88 Å². The summed E-state index contributed by atoms with van der Waals surface area (Å²) in [5, 5.41) is 9.66. The molecule has 0 saturated carbocycles. The van der Waals surface area contributed by atoms with Crippen molar-refractivity contribution in [3.63, 3.8) is 0 Å². The number of benzene rings is 1. The second-order valence-electron chi connectivity index (χ2n) is 7.87. The SMILES string of the molecule is C[C@H](CO)N1C[C@H](C)[C@H](CN(C)S(=O)(=O)c2ccc(F)cc2)Oc2ncc(Br)cc2C1=O. The van der Waals surface area contributed by atoms with E-state index in [1.54, 1.807) is 17.9 Å². The summed E-state index contributed by atoms with van der Waals surface area (Å²) < 4.78 is 46.9. The van der Waals surface area contributed by atoms with Gasteiger partial charge in [-0.3, -0.25) is 4.79 Å². The number of fused-ring (bicyclic) bond motifs is 1. The first-order chi connectivity index (χ1) is 15.0. The van der Waals surface area contributed by atoms with Gasteiger partial charge in [0, 0.05) is 30.2 Å². The Morgan fingerprint density at radius 1 is 1.38 bits per heavy atom. The second kappa shape index (κ2) is 9.82. The Bertz CT molecular complexity index is 1080. The number of likely N-dealkylation sites (N-methyl/N-ethyl adjacent to an activating group) is 1. The molecule has 2 aromatic rings. The van der Waals surface area contributed by atoms with Crippen molar-refractivity contribution in [3.05, 3.63) is 52.4 Å². The van der Waals surface area contributed by atoms with E-state index in [4.69, 9.17) is 4.74 Å². The number of sulfonamides is 1. The molecule has 1 aromatic heterocycles. The number of halogens is 2. The summed E-state index contributed by atoms with van der Waals surface area (Å²) in [6.07, 6.45) is 0.859. The minimum atomic E-state index is -3.89. The fraction of sp³-hybridized carbons (Fsp3) is 0.429. The van der Waals surface area contributed by atoms with Gasteiger partial charge in [0.2, 0.25) is 15.9 Å². The summed E-state index contributed by atoms with van der Waals surface area (Å²) >= 11 is 3.31. The number of hydrogen-bond donors (Lipinski definition) is 1. The number of aliphatic hydroxyl groups excluding tert-OH is 1. The average Bonchev–Trinajstić information content (AvgIpc) is 2.76. The van der Waals surface area contributed by atoms with E-state index < -0.39 is 28.0 Å². The molecule has 0 unspecified atom stereocenters. The molecule has 1 aliphatic heterocycles. The van der Waals surface area contributed by atoms with Gasteiger partial charge in [0.25, 0.3) is 5.91 Å². The Morgan fingerprint density at radius 2 is 2.03 bits per heavy atom. The van der Waals surface area contributed by atoms with Crippen molar-refractivity contribution >= 4 is 31.9 Å². The molecule has 32 heavy (non-hydrogen) atoms. The van der Waals surface area contributed by atoms with E-state index >= 15 is 0 Å². The van der Waals surface area contributed by atoms with Crippen LogP contribution in [0.1, 0.15) is 24.2 Å². The first kappa shape index (κ1) is 24.6. The molecule has 0 radical (unpaired) electrons. The van der Waals surface area contributed by atoms with E-state index in [2.05, 4.69) is 20.9 Å². The molecule has 11 heteroatoms. The number of carbonyl (C=O) groups is 1. The number of hydrogen-bond acceptors (Lipinski definition) is 6. The minimum Gasteiger partial charge on any atom is -0.472 e. The highest BCUT2D eigenvalue weighted by Crippen LogP contribution is 2.29. The van der Waals surface area contributed by atoms with Crippen molar-refractivity contribution in [2.75, 3.05) is 26.7 Å². The van der Waals surface area contributed by atoms with Gasteiger partial charge in [-0.2, -0.15) is 4.31 Å². The zero-order valence-electron chi connectivity index (χ0n) is 17.9. The standard InChI is InChI=1S/C21H25BrFN3O5S/c1-13-10-26(14(2)12-27)21(28)18-8-15(22)9-24-20(18)31-19(13)11-25(3)32(29,30)17-6-4-16(23)5-7-17/h4-9,13-14,19,27H,10-12H2,1-3H3/t13-,14+,19-/m0/s1. The third-order valence-corrected chi connectivity index (χ3v) is 7.72. The lowest BCUT2D eigenvalue weighted by atomic mass is 10.0. The van der Waals surface area contributed by atoms with E-state index in [0.29, 0.717) is 4.47 Å². The van der Waals surface area contributed by atoms with Crippen molar-refractivity contribution in [1.82, 2.24) is 14.2 Å². The fourth-order valence-electron chi connectivity index (χ4n) is 3.43. The molecular formula is C21H25BrFN3O5S. The van der Waals surface area contributed by atoms with Crippen LogP contribution in [-0.2, 0) is 10.0 Å². The van der Waals surface area contributed by atoms with Crippen LogP contribution in [0.25, 0.3) is 0 Å². The van der Waals surface area contributed by atoms with Crippen LogP contribution in [0.2, 0.25) is 0 Å². The van der Waals surface area contributed by atoms with Crippen LogP contribution in [-0.4, -0.2) is 72.5 Å². The van der Waals surface area contributed by atoms with Crippen molar-refractivity contribution in [2.24, 2.45) is 5.92 Å². The van der Waals surface area contributed by atoms with Gasteiger partial charge in [0.15, 0.2) is 0 Å². The van der Waals surface area contributed by atoms with Crippen molar-refractivity contribution in [2.45, 2.75) is 30.9 Å². The summed E-state index contributed by atoms with van der Waals surface area (Å²) in [5.41, 5.74) is 0.223. The molecule has 0 bridgehead atoms. The van der Waals surface area contributed by atoms with Crippen molar-refractivity contribution in [1.29, 1.82) is 0 Å². The molecule has 1 N–H and O–H groups in total. The lowest BCUT2D eigenvalue weighted by molar-refractivity contribution is 0.0373. The predicted molar refractivity (Wildman–Crippen MR) is 119 cm³/mol. The predicted octanol–water partition coefficient (Wildman–Crippen LogP) is 2.52. The molecule has 3 rings (SSSR count). The lowest BCUT2D eigenvalue weighted by Crippen LogP contribution is -2.50. The first-order valence-corrected chi connectivity index (χ1v) is 12.2. The maximum atomic E-state index is 13.2. The maximum Gasteiger partial charge on any atom is 0.259 e. The molecular weight excluding hydrogens is 505 g/mol. The average molecular weight is 530 g/mol. The van der Waals surface area contributed by atoms with Crippen LogP contribution in [0.5, 0.6) is 5.88 Å². The number of nitrogens with zero attached hydrogens (tertiary/aromatic N) is 3. The Kier molecular flexibility index (Phi) is 7.53. The molecule has 0 aliphatic carbocycles. The molecule has 0 fully saturated rings.